The van der Waals surface area contributed by atoms with Crippen LogP contribution >= 0.6 is 0 Å². The van der Waals surface area contributed by atoms with E-state index in [2.05, 4.69) is 34.9 Å². The third-order valence-corrected chi connectivity index (χ3v) is 5.42. The molecule has 134 valence electrons. The molecule has 2 aliphatic rings. The highest BCUT2D eigenvalue weighted by Crippen LogP contribution is 2.44. The average molecular weight is 350 g/mol. The predicted octanol–water partition coefficient (Wildman–Crippen LogP) is 2.85. The van der Waals surface area contributed by atoms with Crippen LogP contribution in [-0.2, 0) is 9.53 Å². The molecule has 0 radical (unpaired) electrons. The lowest BCUT2D eigenvalue weighted by molar-refractivity contribution is -0.114. The summed E-state index contributed by atoms with van der Waals surface area (Å²) >= 11 is 0. The van der Waals surface area contributed by atoms with Crippen LogP contribution in [0.3, 0.4) is 0 Å². The van der Waals surface area contributed by atoms with Gasteiger partial charge in [0.1, 0.15) is 18.4 Å². The maximum absolute atomic E-state index is 12.3. The van der Waals surface area contributed by atoms with Gasteiger partial charge < -0.3 is 20.2 Å². The first kappa shape index (κ1) is 16.8. The van der Waals surface area contributed by atoms with Gasteiger partial charge in [0.05, 0.1) is 0 Å². The number of rotatable bonds is 4. The lowest BCUT2D eigenvalue weighted by Crippen LogP contribution is -2.55. The molecule has 1 amide bonds. The number of nitrogens with one attached hydrogen (secondary N) is 2. The smallest absolute Gasteiger partial charge is 0.407 e. The quantitative estimate of drug-likeness (QED) is 0.832. The fourth-order valence-corrected chi connectivity index (χ4v) is 3.98. The van der Waals surface area contributed by atoms with Crippen molar-refractivity contribution in [3.05, 3.63) is 59.7 Å². The van der Waals surface area contributed by atoms with E-state index in [0.717, 1.165) is 6.29 Å². The SMILES string of the molecule is O=CC1(NC(=O)OCC2c3ccccc3-c3ccccc32)CCNCC1. The van der Waals surface area contributed by atoms with Crippen molar-refractivity contribution in [2.24, 2.45) is 0 Å². The third kappa shape index (κ3) is 2.99. The monoisotopic (exact) mass is 350 g/mol. The molecule has 2 aromatic carbocycles. The number of fused-ring (bicyclic) bond motifs is 3. The standard InChI is InChI=1S/C21H22N2O3/c24-14-21(9-11-22-12-10-21)23-20(25)26-13-19-17-7-3-1-5-15(17)16-6-2-4-8-18(16)19/h1-8,14,19,22H,9-13H2,(H,23,25). The second-order valence-electron chi connectivity index (χ2n) is 6.97. The van der Waals surface area contributed by atoms with Crippen molar-refractivity contribution < 1.29 is 14.3 Å². The number of carbonyl (C=O) groups is 2. The lowest BCUT2D eigenvalue weighted by Gasteiger charge is -2.33. The molecule has 0 unspecified atom stereocenters. The van der Waals surface area contributed by atoms with Crippen LogP contribution in [0.1, 0.15) is 29.9 Å². The molecule has 0 bridgehead atoms. The number of carbonyl (C=O) groups excluding carboxylic acids is 2. The van der Waals surface area contributed by atoms with Crippen molar-refractivity contribution in [1.82, 2.24) is 10.6 Å². The molecule has 1 fully saturated rings. The van der Waals surface area contributed by atoms with Gasteiger partial charge in [-0.05, 0) is 48.2 Å². The Bertz CT molecular complexity index is 782. The van der Waals surface area contributed by atoms with Crippen molar-refractivity contribution in [2.75, 3.05) is 19.7 Å². The summed E-state index contributed by atoms with van der Waals surface area (Å²) in [5, 5.41) is 5.98. The highest BCUT2D eigenvalue weighted by atomic mass is 16.5. The summed E-state index contributed by atoms with van der Waals surface area (Å²) in [6.45, 7) is 1.68. The van der Waals surface area contributed by atoms with Crippen molar-refractivity contribution in [3.8, 4) is 11.1 Å². The Morgan fingerprint density at radius 1 is 1.08 bits per heavy atom. The van der Waals surface area contributed by atoms with Crippen molar-refractivity contribution >= 4 is 12.4 Å². The lowest BCUT2D eigenvalue weighted by atomic mass is 9.90. The minimum absolute atomic E-state index is 0.0216. The van der Waals surface area contributed by atoms with Crippen LogP contribution in [0.25, 0.3) is 11.1 Å². The largest absolute Gasteiger partial charge is 0.449 e. The van der Waals surface area contributed by atoms with Gasteiger partial charge in [-0.15, -0.1) is 0 Å². The second-order valence-corrected chi connectivity index (χ2v) is 6.97. The van der Waals surface area contributed by atoms with Gasteiger partial charge in [0.15, 0.2) is 0 Å². The highest BCUT2D eigenvalue weighted by Gasteiger charge is 2.35. The zero-order chi connectivity index (χ0) is 18.0. The molecule has 1 saturated heterocycles. The minimum Gasteiger partial charge on any atom is -0.449 e. The van der Waals surface area contributed by atoms with Crippen LogP contribution in [0.15, 0.2) is 48.5 Å². The Labute approximate surface area is 152 Å². The van der Waals surface area contributed by atoms with E-state index in [4.69, 9.17) is 4.74 Å². The van der Waals surface area contributed by atoms with Crippen molar-refractivity contribution in [3.63, 3.8) is 0 Å². The number of alkyl carbamates (subject to hydrolysis) is 1. The van der Waals surface area contributed by atoms with Gasteiger partial charge in [-0.3, -0.25) is 0 Å². The number of piperidine rings is 1. The number of amides is 1. The van der Waals surface area contributed by atoms with E-state index in [1.165, 1.54) is 22.3 Å². The minimum atomic E-state index is -0.812. The molecule has 5 nitrogen and oxygen atoms in total. The molecule has 0 spiro atoms. The Hall–Kier alpha value is -2.66. The fourth-order valence-electron chi connectivity index (χ4n) is 3.98. The topological polar surface area (TPSA) is 67.4 Å². The van der Waals surface area contributed by atoms with E-state index in [1.54, 1.807) is 0 Å². The number of hydrogen-bond acceptors (Lipinski definition) is 4. The van der Waals surface area contributed by atoms with Gasteiger partial charge in [0.25, 0.3) is 0 Å². The molecule has 0 aromatic heterocycles. The summed E-state index contributed by atoms with van der Waals surface area (Å²) in [6, 6.07) is 16.4. The second kappa shape index (κ2) is 6.92. The summed E-state index contributed by atoms with van der Waals surface area (Å²) in [7, 11) is 0. The van der Waals surface area contributed by atoms with Crippen molar-refractivity contribution in [2.45, 2.75) is 24.3 Å². The molecule has 1 aliphatic heterocycles. The van der Waals surface area contributed by atoms with E-state index in [9.17, 15) is 9.59 Å². The van der Waals surface area contributed by atoms with Crippen LogP contribution in [0.5, 0.6) is 0 Å². The molecular weight excluding hydrogens is 328 g/mol. The molecule has 2 N–H and O–H groups in total. The van der Waals surface area contributed by atoms with Crippen LogP contribution in [0.2, 0.25) is 0 Å². The van der Waals surface area contributed by atoms with E-state index >= 15 is 0 Å². The van der Waals surface area contributed by atoms with Gasteiger partial charge >= 0.3 is 6.09 Å². The van der Waals surface area contributed by atoms with Crippen molar-refractivity contribution in [1.29, 1.82) is 0 Å². The molecule has 1 heterocycles. The third-order valence-electron chi connectivity index (χ3n) is 5.42. The first-order chi connectivity index (χ1) is 12.7. The molecule has 4 rings (SSSR count). The Balaban J connectivity index is 1.48. The zero-order valence-electron chi connectivity index (χ0n) is 14.5. The van der Waals surface area contributed by atoms with Gasteiger partial charge in [0.2, 0.25) is 0 Å². The molecule has 0 atom stereocenters. The predicted molar refractivity (Wildman–Crippen MR) is 99.1 cm³/mol. The molecule has 1 aliphatic carbocycles. The van der Waals surface area contributed by atoms with Crippen LogP contribution < -0.4 is 10.6 Å². The summed E-state index contributed by atoms with van der Waals surface area (Å²) in [5.74, 6) is 0.0216. The summed E-state index contributed by atoms with van der Waals surface area (Å²) < 4.78 is 5.54. The van der Waals surface area contributed by atoms with Gasteiger partial charge in [-0.2, -0.15) is 0 Å². The first-order valence-electron chi connectivity index (χ1n) is 9.03. The Kier molecular flexibility index (Phi) is 4.47. The summed E-state index contributed by atoms with van der Waals surface area (Å²) in [4.78, 5) is 23.9. The molecule has 5 heteroatoms. The molecule has 0 saturated carbocycles. The van der Waals surface area contributed by atoms with E-state index in [1.807, 2.05) is 24.3 Å². The molecule has 26 heavy (non-hydrogen) atoms. The average Bonchev–Trinajstić information content (AvgIpc) is 3.01. The van der Waals surface area contributed by atoms with E-state index in [0.29, 0.717) is 25.9 Å². The van der Waals surface area contributed by atoms with E-state index < -0.39 is 11.6 Å². The normalized spacial score (nSPS) is 17.8. The van der Waals surface area contributed by atoms with Gasteiger partial charge in [-0.25, -0.2) is 4.79 Å². The number of aldehydes is 1. The number of benzene rings is 2. The zero-order valence-corrected chi connectivity index (χ0v) is 14.5. The highest BCUT2D eigenvalue weighted by molar-refractivity contribution is 5.79. The number of ether oxygens (including phenoxy) is 1. The first-order valence-corrected chi connectivity index (χ1v) is 9.03. The van der Waals surface area contributed by atoms with Crippen LogP contribution in [0, 0.1) is 0 Å². The Morgan fingerprint density at radius 2 is 1.65 bits per heavy atom. The van der Waals surface area contributed by atoms with E-state index in [-0.39, 0.29) is 12.5 Å². The van der Waals surface area contributed by atoms with Gasteiger partial charge in [0, 0.05) is 5.92 Å². The Morgan fingerprint density at radius 3 is 2.23 bits per heavy atom. The molecular formula is C21H22N2O3. The maximum Gasteiger partial charge on any atom is 0.407 e. The van der Waals surface area contributed by atoms with Crippen LogP contribution in [-0.4, -0.2) is 37.6 Å². The van der Waals surface area contributed by atoms with Gasteiger partial charge in [-0.1, -0.05) is 48.5 Å². The summed E-state index contributed by atoms with van der Waals surface area (Å²) in [6.07, 6.45) is 1.48. The maximum atomic E-state index is 12.3. The molecule has 2 aromatic rings. The summed E-state index contributed by atoms with van der Waals surface area (Å²) in [5.41, 5.74) is 3.93. The number of hydrogen-bond donors (Lipinski definition) is 2. The van der Waals surface area contributed by atoms with Crippen LogP contribution in [0.4, 0.5) is 4.79 Å². The fraction of sp³-hybridized carbons (Fsp3) is 0.333.